The van der Waals surface area contributed by atoms with E-state index in [2.05, 4.69) is 6.92 Å². The summed E-state index contributed by atoms with van der Waals surface area (Å²) in [5.41, 5.74) is 1.68. The SMILES string of the molecule is CC12CC3CC(C1)C1C4CC5CC(C4)C3C1(C5)C2. The lowest BCUT2D eigenvalue weighted by Gasteiger charge is -2.78. The molecule has 0 aromatic carbocycles. The molecule has 8 aliphatic carbocycles. The zero-order valence-electron chi connectivity index (χ0n) is 11.7. The van der Waals surface area contributed by atoms with E-state index in [1.165, 1.54) is 41.4 Å². The topological polar surface area (TPSA) is 0 Å². The van der Waals surface area contributed by atoms with Crippen LogP contribution in [0.25, 0.3) is 0 Å². The van der Waals surface area contributed by atoms with Gasteiger partial charge in [-0.1, -0.05) is 6.92 Å². The standard InChI is InChI=1S/C18H26/c1-17-7-13-5-14(8-17)16-12-3-10-2-11(4-12)15(13)18(16,6-10)9-17/h10-16H,2-9H2,1H3. The summed E-state index contributed by atoms with van der Waals surface area (Å²) in [5, 5.41) is 0. The molecule has 8 saturated carbocycles. The maximum absolute atomic E-state index is 2.66. The normalized spacial score (nSPS) is 74.2. The van der Waals surface area contributed by atoms with Crippen LogP contribution in [0, 0.1) is 52.3 Å². The van der Waals surface area contributed by atoms with Gasteiger partial charge in [0.1, 0.15) is 0 Å². The van der Waals surface area contributed by atoms with Crippen molar-refractivity contribution in [1.29, 1.82) is 0 Å². The van der Waals surface area contributed by atoms with Crippen LogP contribution in [-0.2, 0) is 0 Å². The van der Waals surface area contributed by atoms with E-state index < -0.39 is 0 Å². The Hall–Kier alpha value is 0. The first-order chi connectivity index (χ1) is 8.67. The maximum atomic E-state index is 2.66. The van der Waals surface area contributed by atoms with E-state index in [1.54, 1.807) is 51.4 Å². The average Bonchev–Trinajstić information content (AvgIpc) is 2.22. The summed E-state index contributed by atoms with van der Waals surface area (Å²) in [6.07, 6.45) is 13.2. The van der Waals surface area contributed by atoms with Crippen LogP contribution in [-0.4, -0.2) is 0 Å². The first kappa shape index (κ1) is 9.83. The molecule has 0 radical (unpaired) electrons. The van der Waals surface area contributed by atoms with Crippen LogP contribution in [0.3, 0.4) is 0 Å². The molecule has 0 aromatic heterocycles. The Labute approximate surface area is 111 Å². The van der Waals surface area contributed by atoms with Gasteiger partial charge >= 0.3 is 0 Å². The quantitative estimate of drug-likeness (QED) is 0.587. The van der Waals surface area contributed by atoms with Crippen molar-refractivity contribution >= 4 is 0 Å². The Morgan fingerprint density at radius 1 is 0.722 bits per heavy atom. The zero-order valence-corrected chi connectivity index (χ0v) is 11.7. The van der Waals surface area contributed by atoms with Crippen LogP contribution in [0.15, 0.2) is 0 Å². The van der Waals surface area contributed by atoms with Crippen molar-refractivity contribution in [1.82, 2.24) is 0 Å². The maximum Gasteiger partial charge on any atom is -0.0222 e. The van der Waals surface area contributed by atoms with E-state index in [9.17, 15) is 0 Å². The summed E-state index contributed by atoms with van der Waals surface area (Å²) in [4.78, 5) is 0. The lowest BCUT2D eigenvalue weighted by Crippen LogP contribution is -2.71. The van der Waals surface area contributed by atoms with Crippen molar-refractivity contribution in [2.24, 2.45) is 52.3 Å². The highest BCUT2D eigenvalue weighted by Gasteiger charge is 2.73. The van der Waals surface area contributed by atoms with Gasteiger partial charge in [-0.25, -0.2) is 0 Å². The molecule has 18 heavy (non-hydrogen) atoms. The predicted molar refractivity (Wildman–Crippen MR) is 71.9 cm³/mol. The molecule has 0 saturated heterocycles. The Kier molecular flexibility index (Phi) is 1.41. The number of hydrogen-bond donors (Lipinski definition) is 0. The first-order valence-electron chi connectivity index (χ1n) is 8.67. The fourth-order valence-corrected chi connectivity index (χ4v) is 9.67. The van der Waals surface area contributed by atoms with Crippen molar-refractivity contribution < 1.29 is 0 Å². The van der Waals surface area contributed by atoms with Gasteiger partial charge in [0.25, 0.3) is 0 Å². The van der Waals surface area contributed by atoms with Gasteiger partial charge in [-0.15, -0.1) is 0 Å². The van der Waals surface area contributed by atoms with Gasteiger partial charge in [-0.2, -0.15) is 0 Å². The number of hydrogen-bond acceptors (Lipinski definition) is 0. The van der Waals surface area contributed by atoms with E-state index >= 15 is 0 Å². The molecular formula is C18H26. The average molecular weight is 242 g/mol. The second kappa shape index (κ2) is 2.59. The summed E-state index contributed by atoms with van der Waals surface area (Å²) < 4.78 is 0. The minimum absolute atomic E-state index is 0.784. The fourth-order valence-electron chi connectivity index (χ4n) is 9.67. The lowest BCUT2D eigenvalue weighted by atomic mass is 9.26. The summed E-state index contributed by atoms with van der Waals surface area (Å²) in [6.45, 7) is 2.66. The third-order valence-electron chi connectivity index (χ3n) is 8.78. The Morgan fingerprint density at radius 2 is 1.33 bits per heavy atom. The molecule has 0 heterocycles. The molecule has 0 N–H and O–H groups in total. The molecule has 6 atom stereocenters. The van der Waals surface area contributed by atoms with Crippen LogP contribution < -0.4 is 0 Å². The van der Waals surface area contributed by atoms with Gasteiger partial charge in [0, 0.05) is 0 Å². The third kappa shape index (κ3) is 0.852. The first-order valence-corrected chi connectivity index (χ1v) is 8.67. The van der Waals surface area contributed by atoms with Gasteiger partial charge in [0.2, 0.25) is 0 Å². The summed E-state index contributed by atoms with van der Waals surface area (Å²) in [6, 6.07) is 0. The lowest BCUT2D eigenvalue weighted by molar-refractivity contribution is -0.293. The van der Waals surface area contributed by atoms with Gasteiger partial charge < -0.3 is 0 Å². The fraction of sp³-hybridized carbons (Fsp3) is 1.00. The van der Waals surface area contributed by atoms with E-state index in [-0.39, 0.29) is 0 Å². The molecule has 0 aliphatic heterocycles. The third-order valence-corrected chi connectivity index (χ3v) is 8.78. The van der Waals surface area contributed by atoms with Crippen molar-refractivity contribution in [3.63, 3.8) is 0 Å². The van der Waals surface area contributed by atoms with E-state index in [0.29, 0.717) is 0 Å². The second-order valence-electron chi connectivity index (χ2n) is 9.73. The molecule has 8 rings (SSSR count). The minimum atomic E-state index is 0.784. The minimum Gasteiger partial charge on any atom is -0.0596 e. The van der Waals surface area contributed by atoms with Crippen LogP contribution in [0.1, 0.15) is 58.3 Å². The highest BCUT2D eigenvalue weighted by atomic mass is 14.8. The summed E-state index contributed by atoms with van der Waals surface area (Å²) in [7, 11) is 0. The van der Waals surface area contributed by atoms with Gasteiger partial charge in [-0.3, -0.25) is 0 Å². The molecular weight excluding hydrogens is 216 g/mol. The van der Waals surface area contributed by atoms with E-state index in [0.717, 1.165) is 10.8 Å². The highest BCUT2D eigenvalue weighted by molar-refractivity contribution is 5.21. The highest BCUT2D eigenvalue weighted by Crippen LogP contribution is 2.80. The molecule has 0 amide bonds. The number of rotatable bonds is 0. The largest absolute Gasteiger partial charge is 0.0596 e. The van der Waals surface area contributed by atoms with Crippen LogP contribution in [0.4, 0.5) is 0 Å². The van der Waals surface area contributed by atoms with Crippen molar-refractivity contribution in [3.8, 4) is 0 Å². The van der Waals surface area contributed by atoms with E-state index in [1.807, 2.05) is 0 Å². The van der Waals surface area contributed by atoms with Gasteiger partial charge in [0.05, 0.1) is 0 Å². The Bertz CT molecular complexity index is 407. The van der Waals surface area contributed by atoms with Crippen molar-refractivity contribution in [2.45, 2.75) is 58.3 Å². The Balaban J connectivity index is 1.60. The molecule has 8 fully saturated rings. The molecule has 6 unspecified atom stereocenters. The molecule has 0 nitrogen and oxygen atoms in total. The van der Waals surface area contributed by atoms with E-state index in [4.69, 9.17) is 0 Å². The summed E-state index contributed by atoms with van der Waals surface area (Å²) >= 11 is 0. The van der Waals surface area contributed by atoms with Crippen LogP contribution >= 0.6 is 0 Å². The summed E-state index contributed by atoms with van der Waals surface area (Å²) in [5.74, 6) is 8.30. The second-order valence-corrected chi connectivity index (χ2v) is 9.73. The zero-order chi connectivity index (χ0) is 11.7. The van der Waals surface area contributed by atoms with Crippen molar-refractivity contribution in [3.05, 3.63) is 0 Å². The predicted octanol–water partition coefficient (Wildman–Crippen LogP) is 4.49. The monoisotopic (exact) mass is 242 g/mol. The van der Waals surface area contributed by atoms with Gasteiger partial charge in [-0.05, 0) is 104 Å². The molecule has 9 bridgehead atoms. The molecule has 8 aliphatic rings. The Morgan fingerprint density at radius 3 is 2.00 bits per heavy atom. The van der Waals surface area contributed by atoms with Gasteiger partial charge in [0.15, 0.2) is 0 Å². The molecule has 0 aromatic rings. The molecule has 0 heteroatoms. The smallest absolute Gasteiger partial charge is 0.0222 e. The molecule has 1 spiro atoms. The van der Waals surface area contributed by atoms with Crippen molar-refractivity contribution in [2.75, 3.05) is 0 Å². The molecule has 98 valence electrons. The van der Waals surface area contributed by atoms with Crippen LogP contribution in [0.2, 0.25) is 0 Å². The van der Waals surface area contributed by atoms with Crippen LogP contribution in [0.5, 0.6) is 0 Å².